The van der Waals surface area contributed by atoms with E-state index in [1.807, 2.05) is 0 Å². The number of hydrogen-bond donors (Lipinski definition) is 0. The Kier molecular flexibility index (Phi) is 10.5. The van der Waals surface area contributed by atoms with E-state index >= 15 is 0 Å². The van der Waals surface area contributed by atoms with Gasteiger partial charge in [-0.2, -0.15) is 0 Å². The molecule has 6 atom stereocenters. The van der Waals surface area contributed by atoms with Gasteiger partial charge in [0.15, 0.2) is 0 Å². The number of piperidine rings is 2. The summed E-state index contributed by atoms with van der Waals surface area (Å²) in [5.74, 6) is 4.39. The molecule has 0 amide bonds. The van der Waals surface area contributed by atoms with Gasteiger partial charge in [-0.1, -0.05) is 0 Å². The minimum atomic E-state index is 0.790. The highest BCUT2D eigenvalue weighted by atomic mass is 15.3. The molecule has 13 fully saturated rings. The van der Waals surface area contributed by atoms with Crippen molar-refractivity contribution in [1.82, 2.24) is 24.5 Å². The third kappa shape index (κ3) is 7.27. The Morgan fingerprint density at radius 3 is 1.14 bits per heavy atom. The van der Waals surface area contributed by atoms with Crippen molar-refractivity contribution in [3.8, 4) is 0 Å². The van der Waals surface area contributed by atoms with Crippen LogP contribution < -0.4 is 0 Å². The summed E-state index contributed by atoms with van der Waals surface area (Å²) in [6, 6.07) is 9.94. The standard InChI is InChI=1S/4C8H15N.C7H13N/c1-6(2)9-4-7-3-8(7)5-9;1-6(2)9-5-7-3-8(9)4-7;1-6(2)9-4-3-7-5-8(7)9;1-6(2)9-7-3-4-8(9)5-7;1-5(2)8-6-3-7(8)4-6/h4*6-8H,3-5H2,1-2H3;5-7H,3-4H2,1-2H3. The van der Waals surface area contributed by atoms with Crippen LogP contribution in [0.15, 0.2) is 0 Å². The molecule has 44 heavy (non-hydrogen) atoms. The first-order valence-electron chi connectivity index (χ1n) is 19.7. The lowest BCUT2D eigenvalue weighted by atomic mass is 9.71. The number of likely N-dealkylation sites (tertiary alicyclic amines) is 2. The van der Waals surface area contributed by atoms with Crippen LogP contribution in [0.3, 0.4) is 0 Å². The second-order valence-corrected chi connectivity index (χ2v) is 18.3. The normalized spacial score (nSPS) is 42.1. The molecular formula is C39H73N5. The van der Waals surface area contributed by atoms with Crippen LogP contribution in [0.4, 0.5) is 0 Å². The second kappa shape index (κ2) is 13.7. The van der Waals surface area contributed by atoms with Crippen molar-refractivity contribution in [2.75, 3.05) is 26.2 Å². The Morgan fingerprint density at radius 2 is 0.932 bits per heavy atom. The SMILES string of the molecule is CC(C)N1C2CC1C2.CC(C)N1C2CCC1C2.CC(C)N1CC2CC1C2.CC(C)N1CC2CC2C1.CC(C)N1CCC2CC21. The Labute approximate surface area is 273 Å². The van der Waals surface area contributed by atoms with Gasteiger partial charge in [-0.25, -0.2) is 0 Å². The minimum absolute atomic E-state index is 0.790. The highest BCUT2D eigenvalue weighted by Crippen LogP contribution is 2.47. The number of nitrogens with zero attached hydrogens (tertiary/aromatic N) is 5. The highest BCUT2D eigenvalue weighted by Gasteiger charge is 2.51. The number of hydrogen-bond acceptors (Lipinski definition) is 5. The molecule has 5 nitrogen and oxygen atoms in total. The summed E-state index contributed by atoms with van der Waals surface area (Å²) in [6.45, 7) is 28.6. The lowest BCUT2D eigenvalue weighted by Gasteiger charge is -2.63. The van der Waals surface area contributed by atoms with E-state index in [2.05, 4.69) is 93.7 Å². The van der Waals surface area contributed by atoms with Gasteiger partial charge in [0.25, 0.3) is 0 Å². The fourth-order valence-electron chi connectivity index (χ4n) is 10.5. The Hall–Kier alpha value is -0.200. The van der Waals surface area contributed by atoms with Gasteiger partial charge in [0.2, 0.25) is 0 Å². The topological polar surface area (TPSA) is 16.2 Å². The van der Waals surface area contributed by atoms with Crippen LogP contribution in [-0.4, -0.2) is 117 Å². The highest BCUT2D eigenvalue weighted by molar-refractivity contribution is 5.07. The molecular weight excluding hydrogens is 538 g/mol. The van der Waals surface area contributed by atoms with Crippen LogP contribution in [0.5, 0.6) is 0 Å². The van der Waals surface area contributed by atoms with E-state index in [0.29, 0.717) is 0 Å². The third-order valence-electron chi connectivity index (χ3n) is 13.6. The van der Waals surface area contributed by atoms with Crippen molar-refractivity contribution >= 4 is 0 Å². The molecule has 6 unspecified atom stereocenters. The average molecular weight is 612 g/mol. The first-order chi connectivity index (χ1) is 20.9. The van der Waals surface area contributed by atoms with Crippen LogP contribution in [0.2, 0.25) is 0 Å². The van der Waals surface area contributed by atoms with Crippen LogP contribution >= 0.6 is 0 Å². The maximum absolute atomic E-state index is 2.67. The molecule has 8 heterocycles. The molecule has 13 rings (SSSR count). The van der Waals surface area contributed by atoms with Crippen molar-refractivity contribution in [3.63, 3.8) is 0 Å². The smallest absolute Gasteiger partial charge is 0.0131 e. The number of rotatable bonds is 5. The maximum atomic E-state index is 2.67. The molecule has 5 saturated carbocycles. The van der Waals surface area contributed by atoms with E-state index in [1.165, 1.54) is 90.4 Å². The molecule has 0 aromatic rings. The summed E-state index contributed by atoms with van der Waals surface area (Å²) in [5.41, 5.74) is 0. The fraction of sp³-hybridized carbons (Fsp3) is 1.00. The molecule has 5 aliphatic carbocycles. The van der Waals surface area contributed by atoms with E-state index < -0.39 is 0 Å². The van der Waals surface area contributed by atoms with E-state index in [9.17, 15) is 0 Å². The van der Waals surface area contributed by atoms with E-state index in [-0.39, 0.29) is 0 Å². The first-order valence-corrected chi connectivity index (χ1v) is 19.7. The predicted molar refractivity (Wildman–Crippen MR) is 187 cm³/mol. The van der Waals surface area contributed by atoms with Crippen molar-refractivity contribution in [2.24, 2.45) is 23.7 Å². The van der Waals surface area contributed by atoms with Crippen LogP contribution in [0.1, 0.15) is 133 Å². The molecule has 254 valence electrons. The zero-order valence-corrected chi connectivity index (χ0v) is 30.8. The van der Waals surface area contributed by atoms with E-state index in [0.717, 1.165) is 90.1 Å². The predicted octanol–water partition coefficient (Wildman–Crippen LogP) is 7.20. The molecule has 6 bridgehead atoms. The summed E-state index contributed by atoms with van der Waals surface area (Å²) in [7, 11) is 0. The van der Waals surface area contributed by atoms with Gasteiger partial charge in [-0.05, 0) is 164 Å². The molecule has 0 N–H and O–H groups in total. The molecule has 0 aromatic heterocycles. The maximum Gasteiger partial charge on any atom is 0.0131 e. The van der Waals surface area contributed by atoms with Crippen LogP contribution in [-0.2, 0) is 0 Å². The molecule has 0 spiro atoms. The summed E-state index contributed by atoms with van der Waals surface area (Å²) in [6.07, 6.45) is 14.9. The van der Waals surface area contributed by atoms with Gasteiger partial charge in [0.05, 0.1) is 0 Å². The monoisotopic (exact) mass is 612 g/mol. The second-order valence-electron chi connectivity index (χ2n) is 18.3. The third-order valence-corrected chi connectivity index (χ3v) is 13.6. The summed E-state index contributed by atoms with van der Waals surface area (Å²) >= 11 is 0. The fourth-order valence-corrected chi connectivity index (χ4v) is 10.5. The van der Waals surface area contributed by atoms with Crippen molar-refractivity contribution in [2.45, 2.75) is 200 Å². The van der Waals surface area contributed by atoms with Gasteiger partial charge in [0.1, 0.15) is 0 Å². The van der Waals surface area contributed by atoms with Gasteiger partial charge < -0.3 is 4.90 Å². The van der Waals surface area contributed by atoms with Gasteiger partial charge >= 0.3 is 0 Å². The molecule has 13 aliphatic rings. The van der Waals surface area contributed by atoms with Gasteiger partial charge in [-0.3, -0.25) is 19.6 Å². The lowest BCUT2D eigenvalue weighted by molar-refractivity contribution is -0.128. The van der Waals surface area contributed by atoms with Crippen molar-refractivity contribution in [1.29, 1.82) is 0 Å². The lowest BCUT2D eigenvalue weighted by Crippen LogP contribution is -2.70. The molecule has 0 radical (unpaired) electrons. The molecule has 0 aromatic carbocycles. The quantitative estimate of drug-likeness (QED) is 0.326. The van der Waals surface area contributed by atoms with Gasteiger partial charge in [-0.15, -0.1) is 0 Å². The summed E-state index contributed by atoms with van der Waals surface area (Å²) in [4.78, 5) is 13.2. The summed E-state index contributed by atoms with van der Waals surface area (Å²) in [5, 5.41) is 0. The van der Waals surface area contributed by atoms with Crippen LogP contribution in [0.25, 0.3) is 0 Å². The molecule has 5 heteroatoms. The van der Waals surface area contributed by atoms with Crippen molar-refractivity contribution in [3.05, 3.63) is 0 Å². The zero-order valence-electron chi connectivity index (χ0n) is 30.8. The van der Waals surface area contributed by atoms with Crippen molar-refractivity contribution < 1.29 is 0 Å². The largest absolute Gasteiger partial charge is 0.300 e. The first kappa shape index (κ1) is 33.7. The molecule has 8 saturated heterocycles. The zero-order chi connectivity index (χ0) is 31.4. The molecule has 8 aliphatic heterocycles. The Bertz CT molecular complexity index is 856. The van der Waals surface area contributed by atoms with E-state index in [1.54, 1.807) is 0 Å². The minimum Gasteiger partial charge on any atom is -0.300 e. The summed E-state index contributed by atoms with van der Waals surface area (Å²) < 4.78 is 0. The Balaban J connectivity index is 0.0000000975. The van der Waals surface area contributed by atoms with Gasteiger partial charge in [0, 0.05) is 86.1 Å². The van der Waals surface area contributed by atoms with Crippen LogP contribution in [0, 0.1) is 23.7 Å². The average Bonchev–Trinajstić information content (AvgIpc) is 3.41. The number of fused-ring (bicyclic) bond motifs is 4. The van der Waals surface area contributed by atoms with E-state index in [4.69, 9.17) is 0 Å². The Morgan fingerprint density at radius 1 is 0.409 bits per heavy atom.